The molecular formula is C16H20BrNOS. The third-order valence-electron chi connectivity index (χ3n) is 4.36. The smallest absolute Gasteiger partial charge is 0.228 e. The van der Waals surface area contributed by atoms with Gasteiger partial charge in [-0.25, -0.2) is 0 Å². The van der Waals surface area contributed by atoms with Crippen LogP contribution in [0.25, 0.3) is 0 Å². The number of hydrogen-bond acceptors (Lipinski definition) is 2. The van der Waals surface area contributed by atoms with Gasteiger partial charge < -0.3 is 5.32 Å². The molecule has 0 bridgehead atoms. The number of nitrogens with one attached hydrogen (secondary N) is 1. The monoisotopic (exact) mass is 353 g/mol. The van der Waals surface area contributed by atoms with Crippen LogP contribution in [0.1, 0.15) is 37.2 Å². The largest absolute Gasteiger partial charge is 0.355 e. The minimum absolute atomic E-state index is 0.0451. The van der Waals surface area contributed by atoms with Crippen LogP contribution in [-0.2, 0) is 4.79 Å². The fourth-order valence-electron chi connectivity index (χ4n) is 3.07. The third-order valence-corrected chi connectivity index (χ3v) is 6.46. The Morgan fingerprint density at radius 2 is 2.00 bits per heavy atom. The lowest BCUT2D eigenvalue weighted by Gasteiger charge is -2.25. The second-order valence-electron chi connectivity index (χ2n) is 5.76. The van der Waals surface area contributed by atoms with Gasteiger partial charge in [0.05, 0.1) is 5.92 Å². The average molecular weight is 354 g/mol. The van der Waals surface area contributed by atoms with Crippen molar-refractivity contribution in [3.05, 3.63) is 29.8 Å². The molecule has 1 atom stereocenters. The molecule has 1 saturated carbocycles. The quantitative estimate of drug-likeness (QED) is 0.833. The second kappa shape index (κ2) is 6.52. The lowest BCUT2D eigenvalue weighted by Crippen LogP contribution is -2.34. The van der Waals surface area contributed by atoms with E-state index in [4.69, 9.17) is 0 Å². The summed E-state index contributed by atoms with van der Waals surface area (Å²) < 4.78 is 0. The van der Waals surface area contributed by atoms with Crippen molar-refractivity contribution >= 4 is 33.6 Å². The van der Waals surface area contributed by atoms with Gasteiger partial charge in [-0.2, -0.15) is 0 Å². The first kappa shape index (κ1) is 14.5. The van der Waals surface area contributed by atoms with Crippen molar-refractivity contribution in [1.82, 2.24) is 5.32 Å². The highest BCUT2D eigenvalue weighted by Crippen LogP contribution is 2.39. The summed E-state index contributed by atoms with van der Waals surface area (Å²) in [7, 11) is 0. The molecule has 1 amide bonds. The van der Waals surface area contributed by atoms with Gasteiger partial charge in [0.25, 0.3) is 0 Å². The Bertz CT molecular complexity index is 485. The minimum Gasteiger partial charge on any atom is -0.355 e. The Hall–Kier alpha value is -0.480. The van der Waals surface area contributed by atoms with Crippen LogP contribution in [0.15, 0.2) is 29.2 Å². The van der Waals surface area contributed by atoms with E-state index in [1.807, 2.05) is 12.1 Å². The van der Waals surface area contributed by atoms with E-state index >= 15 is 0 Å². The predicted molar refractivity (Wildman–Crippen MR) is 87.6 cm³/mol. The van der Waals surface area contributed by atoms with Crippen LogP contribution in [0, 0.1) is 5.92 Å². The molecule has 1 unspecified atom stereocenters. The lowest BCUT2D eigenvalue weighted by atomic mass is 9.89. The number of rotatable bonds is 3. The summed E-state index contributed by atoms with van der Waals surface area (Å²) in [5.74, 6) is 1.81. The Morgan fingerprint density at radius 3 is 2.80 bits per heavy atom. The molecule has 1 N–H and O–H groups in total. The third kappa shape index (κ3) is 3.22. The molecular weight excluding hydrogens is 334 g/mol. The van der Waals surface area contributed by atoms with Crippen molar-refractivity contribution < 1.29 is 4.79 Å². The number of halogens is 1. The van der Waals surface area contributed by atoms with Crippen molar-refractivity contribution in [2.45, 2.75) is 41.3 Å². The summed E-state index contributed by atoms with van der Waals surface area (Å²) in [5.41, 5.74) is 1.21. The molecule has 1 aliphatic carbocycles. The standard InChI is InChI=1S/C16H20BrNOS/c17-12-7-5-11(6-8-12)9-18-16(19)14-10-20-15-4-2-1-3-13(14)15/h1-4,11-12,14H,5-10H2,(H,18,19). The Kier molecular flexibility index (Phi) is 4.72. The zero-order valence-electron chi connectivity index (χ0n) is 11.5. The molecule has 1 aromatic carbocycles. The normalized spacial score (nSPS) is 28.9. The van der Waals surface area contributed by atoms with Gasteiger partial charge in [0, 0.05) is 22.0 Å². The minimum atomic E-state index is 0.0451. The van der Waals surface area contributed by atoms with E-state index in [-0.39, 0.29) is 11.8 Å². The topological polar surface area (TPSA) is 29.1 Å². The van der Waals surface area contributed by atoms with Gasteiger partial charge in [-0.15, -0.1) is 11.8 Å². The number of alkyl halides is 1. The maximum absolute atomic E-state index is 12.4. The van der Waals surface area contributed by atoms with Crippen LogP contribution in [0.5, 0.6) is 0 Å². The molecule has 0 saturated heterocycles. The Balaban J connectivity index is 1.53. The van der Waals surface area contributed by atoms with Crippen molar-refractivity contribution in [1.29, 1.82) is 0 Å². The fraction of sp³-hybridized carbons (Fsp3) is 0.562. The summed E-state index contributed by atoms with van der Waals surface area (Å²) in [4.78, 5) is 14.3. The van der Waals surface area contributed by atoms with E-state index in [9.17, 15) is 4.79 Å². The number of thioether (sulfide) groups is 1. The molecule has 20 heavy (non-hydrogen) atoms. The molecule has 3 rings (SSSR count). The highest BCUT2D eigenvalue weighted by molar-refractivity contribution is 9.09. The molecule has 1 aliphatic heterocycles. The fourth-order valence-corrected chi connectivity index (χ4v) is 4.83. The molecule has 4 heteroatoms. The number of amides is 1. The van der Waals surface area contributed by atoms with Gasteiger partial charge in [0.15, 0.2) is 0 Å². The molecule has 1 aromatic rings. The van der Waals surface area contributed by atoms with E-state index in [2.05, 4.69) is 33.4 Å². The first-order chi connectivity index (χ1) is 9.74. The van der Waals surface area contributed by atoms with Gasteiger partial charge in [0.1, 0.15) is 0 Å². The van der Waals surface area contributed by atoms with Gasteiger partial charge in [-0.1, -0.05) is 34.1 Å². The Morgan fingerprint density at radius 1 is 1.25 bits per heavy atom. The van der Waals surface area contributed by atoms with E-state index in [1.54, 1.807) is 11.8 Å². The summed E-state index contributed by atoms with van der Waals surface area (Å²) >= 11 is 5.48. The summed E-state index contributed by atoms with van der Waals surface area (Å²) in [5, 5.41) is 3.18. The number of carbonyl (C=O) groups is 1. The van der Waals surface area contributed by atoms with E-state index in [1.165, 1.54) is 36.1 Å². The van der Waals surface area contributed by atoms with Gasteiger partial charge >= 0.3 is 0 Å². The maximum atomic E-state index is 12.4. The van der Waals surface area contributed by atoms with Crippen molar-refractivity contribution in [2.24, 2.45) is 5.92 Å². The average Bonchev–Trinajstić information content (AvgIpc) is 2.90. The highest BCUT2D eigenvalue weighted by Gasteiger charge is 2.29. The molecule has 0 radical (unpaired) electrons. The zero-order valence-corrected chi connectivity index (χ0v) is 13.9. The molecule has 2 aliphatic rings. The number of fused-ring (bicyclic) bond motifs is 1. The summed E-state index contributed by atoms with van der Waals surface area (Å²) in [6.07, 6.45) is 4.93. The van der Waals surface area contributed by atoms with E-state index < -0.39 is 0 Å². The van der Waals surface area contributed by atoms with Crippen molar-refractivity contribution in [2.75, 3.05) is 12.3 Å². The Labute approximate surface area is 133 Å². The lowest BCUT2D eigenvalue weighted by molar-refractivity contribution is -0.122. The van der Waals surface area contributed by atoms with Crippen molar-refractivity contribution in [3.63, 3.8) is 0 Å². The van der Waals surface area contributed by atoms with Gasteiger partial charge in [-0.3, -0.25) is 4.79 Å². The SMILES string of the molecule is O=C(NCC1CCC(Br)CC1)C1CSc2ccccc21. The predicted octanol–water partition coefficient (Wildman–Crippen LogP) is 3.95. The number of carbonyl (C=O) groups excluding carboxylic acids is 1. The van der Waals surface area contributed by atoms with Gasteiger partial charge in [0.2, 0.25) is 5.91 Å². The van der Waals surface area contributed by atoms with Crippen LogP contribution in [0.2, 0.25) is 0 Å². The molecule has 2 nitrogen and oxygen atoms in total. The van der Waals surface area contributed by atoms with Crippen LogP contribution in [0.3, 0.4) is 0 Å². The highest BCUT2D eigenvalue weighted by atomic mass is 79.9. The number of hydrogen-bond donors (Lipinski definition) is 1. The number of benzene rings is 1. The van der Waals surface area contributed by atoms with E-state index in [0.717, 1.165) is 12.3 Å². The van der Waals surface area contributed by atoms with Crippen LogP contribution < -0.4 is 5.32 Å². The van der Waals surface area contributed by atoms with E-state index in [0.29, 0.717) is 10.7 Å². The maximum Gasteiger partial charge on any atom is 0.228 e. The van der Waals surface area contributed by atoms with Gasteiger partial charge in [-0.05, 0) is 43.2 Å². The zero-order chi connectivity index (χ0) is 13.9. The molecule has 0 spiro atoms. The molecule has 108 valence electrons. The van der Waals surface area contributed by atoms with Crippen LogP contribution in [-0.4, -0.2) is 23.0 Å². The molecule has 1 fully saturated rings. The second-order valence-corrected chi connectivity index (χ2v) is 8.12. The molecule has 1 heterocycles. The first-order valence-electron chi connectivity index (χ1n) is 7.37. The van der Waals surface area contributed by atoms with Crippen LogP contribution >= 0.6 is 27.7 Å². The van der Waals surface area contributed by atoms with Crippen molar-refractivity contribution in [3.8, 4) is 0 Å². The van der Waals surface area contributed by atoms with Crippen LogP contribution in [0.4, 0.5) is 0 Å². The molecule has 0 aromatic heterocycles. The summed E-state index contributed by atoms with van der Waals surface area (Å²) in [6.45, 7) is 0.849. The summed E-state index contributed by atoms with van der Waals surface area (Å²) in [6, 6.07) is 8.29. The first-order valence-corrected chi connectivity index (χ1v) is 9.27.